The maximum atomic E-state index is 13.4. The predicted octanol–water partition coefficient (Wildman–Crippen LogP) is 5.98. The zero-order chi connectivity index (χ0) is 26.0. The standard InChI is InChI=1S/C28H45Cl2N3O3/c1-31-19-23(18-21-10-4-3-5-11-21)32-27(34)33-16-9-12-22(20-33)28(35,15-6-7-17-36-2)24-13-8-14-25(29)26(24)30/h8,13-14,21-23,31,35H,3-7,9-12,15-20H2,1-2H3,(H,32,34). The van der Waals surface area contributed by atoms with Gasteiger partial charge in [0.1, 0.15) is 0 Å². The van der Waals surface area contributed by atoms with Crippen LogP contribution in [0, 0.1) is 11.8 Å². The molecule has 3 N–H and O–H groups in total. The summed E-state index contributed by atoms with van der Waals surface area (Å²) in [5.41, 5.74) is -0.507. The molecule has 6 nitrogen and oxygen atoms in total. The van der Waals surface area contributed by atoms with E-state index in [0.717, 1.165) is 38.6 Å². The Morgan fingerprint density at radius 1 is 1.19 bits per heavy atom. The Hall–Kier alpha value is -1.05. The first-order chi connectivity index (χ1) is 17.4. The second-order valence-corrected chi connectivity index (χ2v) is 11.5. The number of benzene rings is 1. The van der Waals surface area contributed by atoms with Crippen LogP contribution in [0.15, 0.2) is 18.2 Å². The van der Waals surface area contributed by atoms with E-state index < -0.39 is 5.60 Å². The van der Waals surface area contributed by atoms with Crippen LogP contribution in [0.25, 0.3) is 0 Å². The average Bonchev–Trinajstić information content (AvgIpc) is 2.89. The Bertz CT molecular complexity index is 821. The van der Waals surface area contributed by atoms with Crippen LogP contribution in [0.1, 0.15) is 76.2 Å². The van der Waals surface area contributed by atoms with Crippen LogP contribution in [-0.2, 0) is 10.3 Å². The quantitative estimate of drug-likeness (QED) is 0.284. The van der Waals surface area contributed by atoms with E-state index in [1.165, 1.54) is 32.1 Å². The highest BCUT2D eigenvalue weighted by atomic mass is 35.5. The summed E-state index contributed by atoms with van der Waals surface area (Å²) in [6.45, 7) is 2.60. The third kappa shape index (κ3) is 7.97. The topological polar surface area (TPSA) is 73.8 Å². The van der Waals surface area contributed by atoms with Crippen molar-refractivity contribution in [1.82, 2.24) is 15.5 Å². The van der Waals surface area contributed by atoms with Gasteiger partial charge < -0.3 is 25.4 Å². The number of hydrogen-bond acceptors (Lipinski definition) is 4. The minimum atomic E-state index is -1.17. The zero-order valence-corrected chi connectivity index (χ0v) is 23.5. The summed E-state index contributed by atoms with van der Waals surface area (Å²) in [4.78, 5) is 15.3. The van der Waals surface area contributed by atoms with Crippen LogP contribution in [0.3, 0.4) is 0 Å². The predicted molar refractivity (Wildman–Crippen MR) is 148 cm³/mol. The van der Waals surface area contributed by atoms with Crippen molar-refractivity contribution in [2.45, 2.75) is 82.3 Å². The molecular weight excluding hydrogens is 497 g/mol. The Kier molecular flexibility index (Phi) is 12.1. The number of piperidine rings is 1. The number of methoxy groups -OCH3 is 1. The highest BCUT2D eigenvalue weighted by Gasteiger charge is 2.42. The number of aliphatic hydroxyl groups is 1. The van der Waals surface area contributed by atoms with Crippen molar-refractivity contribution in [3.63, 3.8) is 0 Å². The van der Waals surface area contributed by atoms with Gasteiger partial charge in [-0.3, -0.25) is 0 Å². The molecule has 0 aromatic heterocycles. The minimum Gasteiger partial charge on any atom is -0.385 e. The lowest BCUT2D eigenvalue weighted by atomic mass is 9.74. The van der Waals surface area contributed by atoms with Gasteiger partial charge >= 0.3 is 6.03 Å². The number of amides is 2. The summed E-state index contributed by atoms with van der Waals surface area (Å²) in [7, 11) is 3.63. The molecule has 1 saturated carbocycles. The van der Waals surface area contributed by atoms with Gasteiger partial charge in [0.15, 0.2) is 0 Å². The van der Waals surface area contributed by atoms with Crippen molar-refractivity contribution in [3.05, 3.63) is 33.8 Å². The Balaban J connectivity index is 1.72. The number of nitrogens with zero attached hydrogens (tertiary/aromatic N) is 1. The molecule has 2 fully saturated rings. The van der Waals surface area contributed by atoms with E-state index in [1.54, 1.807) is 13.2 Å². The number of ether oxygens (including phenoxy) is 1. The Morgan fingerprint density at radius 2 is 1.97 bits per heavy atom. The fourth-order valence-electron chi connectivity index (χ4n) is 6.12. The minimum absolute atomic E-state index is 0.0327. The molecule has 2 aliphatic rings. The molecule has 3 atom stereocenters. The first-order valence-electron chi connectivity index (χ1n) is 13.7. The molecule has 1 aromatic rings. The summed E-state index contributed by atoms with van der Waals surface area (Å²) in [6.07, 6.45) is 11.3. The van der Waals surface area contributed by atoms with Gasteiger partial charge in [0, 0.05) is 50.9 Å². The largest absolute Gasteiger partial charge is 0.385 e. The fraction of sp³-hybridized carbons (Fsp3) is 0.750. The number of urea groups is 1. The number of likely N-dealkylation sites (tertiary alicyclic amines) is 1. The number of carbonyl (C=O) groups is 1. The number of unbranched alkanes of at least 4 members (excludes halogenated alkanes) is 1. The van der Waals surface area contributed by atoms with E-state index in [4.69, 9.17) is 27.9 Å². The van der Waals surface area contributed by atoms with Crippen LogP contribution in [0.5, 0.6) is 0 Å². The number of nitrogens with one attached hydrogen (secondary N) is 2. The van der Waals surface area contributed by atoms with Crippen molar-refractivity contribution >= 4 is 29.2 Å². The van der Waals surface area contributed by atoms with Crippen LogP contribution < -0.4 is 10.6 Å². The highest BCUT2D eigenvalue weighted by molar-refractivity contribution is 6.42. The molecule has 1 saturated heterocycles. The molecule has 3 rings (SSSR count). The van der Waals surface area contributed by atoms with E-state index >= 15 is 0 Å². The highest BCUT2D eigenvalue weighted by Crippen LogP contribution is 2.44. The molecule has 0 spiro atoms. The van der Waals surface area contributed by atoms with Crippen molar-refractivity contribution in [3.8, 4) is 0 Å². The van der Waals surface area contributed by atoms with Gasteiger partial charge in [-0.15, -0.1) is 0 Å². The molecule has 0 radical (unpaired) electrons. The van der Waals surface area contributed by atoms with Crippen LogP contribution >= 0.6 is 23.2 Å². The van der Waals surface area contributed by atoms with Gasteiger partial charge in [-0.25, -0.2) is 4.79 Å². The summed E-state index contributed by atoms with van der Waals surface area (Å²) in [6, 6.07) is 5.53. The lowest BCUT2D eigenvalue weighted by Gasteiger charge is -2.43. The zero-order valence-electron chi connectivity index (χ0n) is 22.0. The lowest BCUT2D eigenvalue weighted by Crippen LogP contribution is -2.54. The molecule has 0 bridgehead atoms. The maximum absolute atomic E-state index is 13.4. The van der Waals surface area contributed by atoms with Crippen LogP contribution in [0.4, 0.5) is 4.79 Å². The summed E-state index contributed by atoms with van der Waals surface area (Å²) >= 11 is 13.0. The number of hydrogen-bond donors (Lipinski definition) is 3. The van der Waals surface area contributed by atoms with Gasteiger partial charge in [-0.1, -0.05) is 67.4 Å². The van der Waals surface area contributed by atoms with Gasteiger partial charge in [0.2, 0.25) is 0 Å². The molecule has 36 heavy (non-hydrogen) atoms. The Labute approximate surface area is 227 Å². The molecule has 2 amide bonds. The van der Waals surface area contributed by atoms with E-state index in [-0.39, 0.29) is 18.0 Å². The van der Waals surface area contributed by atoms with E-state index in [2.05, 4.69) is 10.6 Å². The van der Waals surface area contributed by atoms with Crippen LogP contribution in [-0.4, -0.2) is 62.5 Å². The molecule has 204 valence electrons. The number of carbonyl (C=O) groups excluding carboxylic acids is 1. The SMILES string of the molecule is CNCC(CC1CCCCC1)NC(=O)N1CCCC(C(O)(CCCCOC)c2cccc(Cl)c2Cl)C1. The normalized spacial score (nSPS) is 21.7. The van der Waals surface area contributed by atoms with Crippen molar-refractivity contribution in [2.24, 2.45) is 11.8 Å². The van der Waals surface area contributed by atoms with Crippen molar-refractivity contribution in [2.75, 3.05) is 40.4 Å². The molecule has 1 aromatic carbocycles. The first-order valence-corrected chi connectivity index (χ1v) is 14.5. The smallest absolute Gasteiger partial charge is 0.317 e. The first kappa shape index (κ1) is 29.5. The summed E-state index contributed by atoms with van der Waals surface area (Å²) in [5, 5.41) is 19.5. The van der Waals surface area contributed by atoms with Gasteiger partial charge in [0.05, 0.1) is 15.6 Å². The molecule has 1 aliphatic heterocycles. The molecule has 8 heteroatoms. The number of halogens is 2. The summed E-state index contributed by atoms with van der Waals surface area (Å²) < 4.78 is 5.22. The Morgan fingerprint density at radius 3 is 2.69 bits per heavy atom. The monoisotopic (exact) mass is 541 g/mol. The molecule has 1 heterocycles. The maximum Gasteiger partial charge on any atom is 0.317 e. The lowest BCUT2D eigenvalue weighted by molar-refractivity contribution is -0.0563. The van der Waals surface area contributed by atoms with Crippen molar-refractivity contribution < 1.29 is 14.6 Å². The molecule has 3 unspecified atom stereocenters. The van der Waals surface area contributed by atoms with E-state index in [1.807, 2.05) is 24.1 Å². The van der Waals surface area contributed by atoms with Crippen LogP contribution in [0.2, 0.25) is 10.0 Å². The average molecular weight is 543 g/mol. The van der Waals surface area contributed by atoms with Gasteiger partial charge in [-0.2, -0.15) is 0 Å². The molecule has 1 aliphatic carbocycles. The summed E-state index contributed by atoms with van der Waals surface area (Å²) in [5.74, 6) is 0.560. The third-order valence-electron chi connectivity index (χ3n) is 8.08. The second kappa shape index (κ2) is 14.8. The van der Waals surface area contributed by atoms with Gasteiger partial charge in [0.25, 0.3) is 0 Å². The fourth-order valence-corrected chi connectivity index (χ4v) is 6.58. The van der Waals surface area contributed by atoms with E-state index in [9.17, 15) is 9.90 Å². The number of rotatable bonds is 12. The van der Waals surface area contributed by atoms with Gasteiger partial charge in [-0.05, 0) is 57.6 Å². The van der Waals surface area contributed by atoms with E-state index in [0.29, 0.717) is 47.6 Å². The third-order valence-corrected chi connectivity index (χ3v) is 8.90. The number of likely N-dealkylation sites (N-methyl/N-ethyl adjacent to an activating group) is 1. The molecular formula is C28H45Cl2N3O3. The second-order valence-electron chi connectivity index (χ2n) is 10.7. The van der Waals surface area contributed by atoms with Crippen molar-refractivity contribution in [1.29, 1.82) is 0 Å².